The van der Waals surface area contributed by atoms with E-state index in [9.17, 15) is 9.59 Å². The average Bonchev–Trinajstić information content (AvgIpc) is 2.44. The van der Waals surface area contributed by atoms with Gasteiger partial charge in [-0.2, -0.15) is 0 Å². The van der Waals surface area contributed by atoms with Gasteiger partial charge < -0.3 is 4.84 Å². The summed E-state index contributed by atoms with van der Waals surface area (Å²) in [7, 11) is 0. The number of oxime groups is 1. The van der Waals surface area contributed by atoms with E-state index in [0.717, 1.165) is 0 Å². The standard InChI is InChI=1S/C15H12BrNO3/c1-9-10(2)14(18)8-7-13(9)17-20-15(19)11-5-3-4-6-12(11)16/h3-8H,1-2H3/b17-13+. The maximum atomic E-state index is 11.9. The Hall–Kier alpha value is -2.01. The molecule has 1 aliphatic rings. The highest BCUT2D eigenvalue weighted by molar-refractivity contribution is 9.10. The van der Waals surface area contributed by atoms with Gasteiger partial charge in [0, 0.05) is 10.0 Å². The Morgan fingerprint density at radius 2 is 1.85 bits per heavy atom. The van der Waals surface area contributed by atoms with Crippen molar-refractivity contribution in [2.45, 2.75) is 13.8 Å². The van der Waals surface area contributed by atoms with Crippen LogP contribution in [-0.2, 0) is 9.63 Å². The molecule has 0 spiro atoms. The van der Waals surface area contributed by atoms with Crippen molar-refractivity contribution >= 4 is 33.4 Å². The van der Waals surface area contributed by atoms with Crippen LogP contribution in [-0.4, -0.2) is 17.5 Å². The highest BCUT2D eigenvalue weighted by Crippen LogP contribution is 2.18. The van der Waals surface area contributed by atoms with E-state index in [-0.39, 0.29) is 5.78 Å². The van der Waals surface area contributed by atoms with Crippen LogP contribution in [0.3, 0.4) is 0 Å². The van der Waals surface area contributed by atoms with E-state index >= 15 is 0 Å². The number of benzene rings is 1. The second-order valence-electron chi connectivity index (χ2n) is 4.28. The fourth-order valence-corrected chi connectivity index (χ4v) is 2.09. The van der Waals surface area contributed by atoms with E-state index in [1.807, 2.05) is 0 Å². The molecule has 0 fully saturated rings. The molecule has 0 bridgehead atoms. The molecule has 0 aliphatic heterocycles. The largest absolute Gasteiger partial charge is 0.366 e. The lowest BCUT2D eigenvalue weighted by atomic mass is 9.97. The Morgan fingerprint density at radius 1 is 1.15 bits per heavy atom. The molecular weight excluding hydrogens is 322 g/mol. The molecular formula is C15H12BrNO3. The van der Waals surface area contributed by atoms with Gasteiger partial charge in [0.2, 0.25) is 0 Å². The summed E-state index contributed by atoms with van der Waals surface area (Å²) >= 11 is 3.27. The van der Waals surface area contributed by atoms with E-state index in [1.54, 1.807) is 38.1 Å². The summed E-state index contributed by atoms with van der Waals surface area (Å²) < 4.78 is 0.642. The summed E-state index contributed by atoms with van der Waals surface area (Å²) in [6.45, 7) is 3.48. The minimum Gasteiger partial charge on any atom is -0.312 e. The van der Waals surface area contributed by atoms with Gasteiger partial charge in [-0.05, 0) is 59.6 Å². The van der Waals surface area contributed by atoms with Crippen LogP contribution >= 0.6 is 15.9 Å². The van der Waals surface area contributed by atoms with Crippen LogP contribution in [0.2, 0.25) is 0 Å². The van der Waals surface area contributed by atoms with Crippen LogP contribution in [0.25, 0.3) is 0 Å². The Morgan fingerprint density at radius 3 is 2.55 bits per heavy atom. The zero-order chi connectivity index (χ0) is 14.7. The van der Waals surface area contributed by atoms with Crippen LogP contribution in [0, 0.1) is 0 Å². The first kappa shape index (κ1) is 14.4. The molecule has 102 valence electrons. The maximum absolute atomic E-state index is 11.9. The van der Waals surface area contributed by atoms with Gasteiger partial charge in [-0.3, -0.25) is 4.79 Å². The number of nitrogens with zero attached hydrogens (tertiary/aromatic N) is 1. The molecule has 20 heavy (non-hydrogen) atoms. The maximum Gasteiger partial charge on any atom is 0.366 e. The first-order valence-corrected chi connectivity index (χ1v) is 6.74. The minimum absolute atomic E-state index is 0.0569. The molecule has 1 aromatic rings. The van der Waals surface area contributed by atoms with Crippen LogP contribution in [0.15, 0.2) is 57.2 Å². The summed E-state index contributed by atoms with van der Waals surface area (Å²) in [5.74, 6) is -0.612. The third-order valence-electron chi connectivity index (χ3n) is 3.03. The van der Waals surface area contributed by atoms with Gasteiger partial charge in [0.05, 0.1) is 5.56 Å². The van der Waals surface area contributed by atoms with E-state index in [4.69, 9.17) is 4.84 Å². The lowest BCUT2D eigenvalue weighted by Gasteiger charge is -2.09. The molecule has 0 amide bonds. The topological polar surface area (TPSA) is 55.7 Å². The van der Waals surface area contributed by atoms with Gasteiger partial charge in [-0.1, -0.05) is 17.3 Å². The quantitative estimate of drug-likeness (QED) is 0.473. The van der Waals surface area contributed by atoms with Gasteiger partial charge in [0.15, 0.2) is 5.78 Å². The van der Waals surface area contributed by atoms with E-state index in [2.05, 4.69) is 21.1 Å². The molecule has 0 atom stereocenters. The molecule has 0 N–H and O–H groups in total. The summed E-state index contributed by atoms with van der Waals surface area (Å²) in [6, 6.07) is 6.93. The molecule has 0 saturated carbocycles. The van der Waals surface area contributed by atoms with Crippen molar-refractivity contribution in [3.63, 3.8) is 0 Å². The molecule has 0 aromatic heterocycles. The van der Waals surface area contributed by atoms with Crippen molar-refractivity contribution in [3.8, 4) is 0 Å². The Bertz CT molecular complexity index is 671. The fraction of sp³-hybridized carbons (Fsp3) is 0.133. The molecule has 0 heterocycles. The Kier molecular flexibility index (Phi) is 4.29. The van der Waals surface area contributed by atoms with Crippen molar-refractivity contribution in [2.75, 3.05) is 0 Å². The molecule has 4 nitrogen and oxygen atoms in total. The van der Waals surface area contributed by atoms with Crippen molar-refractivity contribution in [1.82, 2.24) is 0 Å². The van der Waals surface area contributed by atoms with Gasteiger partial charge in [0.1, 0.15) is 5.71 Å². The van der Waals surface area contributed by atoms with Crippen LogP contribution < -0.4 is 0 Å². The number of hydrogen-bond donors (Lipinski definition) is 0. The zero-order valence-corrected chi connectivity index (χ0v) is 12.6. The average molecular weight is 334 g/mol. The number of carbonyl (C=O) groups is 2. The summed E-state index contributed by atoms with van der Waals surface area (Å²) in [5.41, 5.74) is 2.18. The van der Waals surface area contributed by atoms with Crippen LogP contribution in [0.1, 0.15) is 24.2 Å². The second-order valence-corrected chi connectivity index (χ2v) is 5.14. The first-order chi connectivity index (χ1) is 9.50. The fourth-order valence-electron chi connectivity index (χ4n) is 1.65. The number of hydrogen-bond acceptors (Lipinski definition) is 4. The monoisotopic (exact) mass is 333 g/mol. The smallest absolute Gasteiger partial charge is 0.312 e. The van der Waals surface area contributed by atoms with Crippen LogP contribution in [0.5, 0.6) is 0 Å². The van der Waals surface area contributed by atoms with E-state index < -0.39 is 5.97 Å². The van der Waals surface area contributed by atoms with Gasteiger partial charge in [0.25, 0.3) is 0 Å². The summed E-state index contributed by atoms with van der Waals surface area (Å²) in [4.78, 5) is 28.3. The van der Waals surface area contributed by atoms with Crippen molar-refractivity contribution in [1.29, 1.82) is 0 Å². The molecule has 1 aliphatic carbocycles. The third kappa shape index (κ3) is 2.93. The number of ketones is 1. The summed E-state index contributed by atoms with van der Waals surface area (Å²) in [5, 5.41) is 3.82. The van der Waals surface area contributed by atoms with Crippen molar-refractivity contribution in [3.05, 3.63) is 57.6 Å². The Labute approximate surface area is 124 Å². The molecule has 0 unspecified atom stereocenters. The number of carbonyl (C=O) groups excluding carboxylic acids is 2. The predicted octanol–water partition coefficient (Wildman–Crippen LogP) is 3.44. The van der Waals surface area contributed by atoms with Gasteiger partial charge >= 0.3 is 5.97 Å². The highest BCUT2D eigenvalue weighted by Gasteiger charge is 2.16. The van der Waals surface area contributed by atoms with Crippen molar-refractivity contribution in [2.24, 2.45) is 5.16 Å². The molecule has 1 aromatic carbocycles. The van der Waals surface area contributed by atoms with Crippen LogP contribution in [0.4, 0.5) is 0 Å². The SMILES string of the molecule is CC1=C(C)/C(=N/OC(=O)c2ccccc2Br)C=CC1=O. The number of allylic oxidation sites excluding steroid dienone is 4. The van der Waals surface area contributed by atoms with E-state index in [1.165, 1.54) is 12.2 Å². The number of rotatable bonds is 2. The zero-order valence-electron chi connectivity index (χ0n) is 11.0. The first-order valence-electron chi connectivity index (χ1n) is 5.95. The van der Waals surface area contributed by atoms with Gasteiger partial charge in [-0.15, -0.1) is 0 Å². The number of halogens is 1. The molecule has 5 heteroatoms. The predicted molar refractivity (Wildman–Crippen MR) is 79.5 cm³/mol. The van der Waals surface area contributed by atoms with E-state index in [0.29, 0.717) is 26.9 Å². The molecule has 0 saturated heterocycles. The summed E-state index contributed by atoms with van der Waals surface area (Å²) in [6.07, 6.45) is 2.95. The Balaban J connectivity index is 2.19. The lowest BCUT2D eigenvalue weighted by Crippen LogP contribution is -2.12. The third-order valence-corrected chi connectivity index (χ3v) is 3.72. The molecule has 2 rings (SSSR count). The lowest BCUT2D eigenvalue weighted by molar-refractivity contribution is -0.111. The molecule has 0 radical (unpaired) electrons. The van der Waals surface area contributed by atoms with Gasteiger partial charge in [-0.25, -0.2) is 4.79 Å². The van der Waals surface area contributed by atoms with Crippen molar-refractivity contribution < 1.29 is 14.4 Å². The highest BCUT2D eigenvalue weighted by atomic mass is 79.9. The normalized spacial score (nSPS) is 16.8. The minimum atomic E-state index is -0.555. The second kappa shape index (κ2) is 5.96.